The molecule has 0 aromatic carbocycles. The average Bonchev–Trinajstić information content (AvgIpc) is 3.16. The fraction of sp³-hybridized carbons (Fsp3) is 0.350. The third-order valence-electron chi connectivity index (χ3n) is 5.02. The van der Waals surface area contributed by atoms with Crippen LogP contribution in [0, 0.1) is 6.92 Å². The van der Waals surface area contributed by atoms with Crippen LogP contribution in [0.2, 0.25) is 0 Å². The van der Waals surface area contributed by atoms with Crippen molar-refractivity contribution in [1.82, 2.24) is 19.4 Å². The number of fused-ring (bicyclic) bond motifs is 1. The van der Waals surface area contributed by atoms with Gasteiger partial charge in [0.05, 0.1) is 25.1 Å². The molecule has 0 unspecified atom stereocenters. The number of nitrogens with one attached hydrogen (secondary N) is 2. The summed E-state index contributed by atoms with van der Waals surface area (Å²) in [6.45, 7) is 6.23. The van der Waals surface area contributed by atoms with Crippen LogP contribution in [0.4, 0.5) is 5.69 Å². The number of rotatable bonds is 5. The van der Waals surface area contributed by atoms with E-state index in [0.717, 1.165) is 43.9 Å². The lowest BCUT2D eigenvalue weighted by molar-refractivity contribution is 0.0363. The van der Waals surface area contributed by atoms with Gasteiger partial charge in [-0.25, -0.2) is 4.98 Å². The first kappa shape index (κ1) is 18.4. The van der Waals surface area contributed by atoms with Crippen molar-refractivity contribution >= 4 is 22.6 Å². The maximum Gasteiger partial charge on any atom is 0.263 e. The highest BCUT2D eigenvalue weighted by atomic mass is 16.5. The summed E-state index contributed by atoms with van der Waals surface area (Å²) in [6, 6.07) is 5.51. The number of anilines is 1. The average molecular weight is 381 g/mol. The van der Waals surface area contributed by atoms with Gasteiger partial charge < -0.3 is 19.6 Å². The molecule has 0 saturated carbocycles. The quantitative estimate of drug-likeness (QED) is 0.701. The first-order valence-corrected chi connectivity index (χ1v) is 9.36. The maximum atomic E-state index is 12.9. The Morgan fingerprint density at radius 3 is 2.93 bits per heavy atom. The monoisotopic (exact) mass is 381 g/mol. The molecule has 1 saturated heterocycles. The van der Waals surface area contributed by atoms with Gasteiger partial charge in [-0.2, -0.15) is 0 Å². The molecule has 1 amide bonds. The molecule has 4 heterocycles. The molecular weight excluding hydrogens is 358 g/mol. The minimum Gasteiger partial charge on any atom is -0.379 e. The predicted molar refractivity (Wildman–Crippen MR) is 107 cm³/mol. The van der Waals surface area contributed by atoms with Crippen molar-refractivity contribution < 1.29 is 9.53 Å². The molecule has 28 heavy (non-hydrogen) atoms. The number of carbonyl (C=O) groups excluding carboxylic acids is 1. The van der Waals surface area contributed by atoms with E-state index in [4.69, 9.17) is 4.74 Å². The summed E-state index contributed by atoms with van der Waals surface area (Å²) in [5.74, 6) is -0.417. The van der Waals surface area contributed by atoms with Crippen molar-refractivity contribution in [1.29, 1.82) is 0 Å². The van der Waals surface area contributed by atoms with E-state index in [1.165, 1.54) is 0 Å². The Bertz CT molecular complexity index is 1050. The minimum absolute atomic E-state index is 0.165. The second-order valence-corrected chi connectivity index (χ2v) is 6.92. The van der Waals surface area contributed by atoms with Gasteiger partial charge in [-0.1, -0.05) is 0 Å². The van der Waals surface area contributed by atoms with Crippen molar-refractivity contribution in [3.8, 4) is 0 Å². The smallest absolute Gasteiger partial charge is 0.263 e. The Kier molecular flexibility index (Phi) is 5.23. The summed E-state index contributed by atoms with van der Waals surface area (Å²) in [4.78, 5) is 35.2. The largest absolute Gasteiger partial charge is 0.379 e. The summed E-state index contributed by atoms with van der Waals surface area (Å²) in [6.07, 6.45) is 5.12. The highest BCUT2D eigenvalue weighted by molar-refractivity contribution is 6.05. The number of aryl methyl sites for hydroxylation is 1. The number of pyridine rings is 2. The van der Waals surface area contributed by atoms with E-state index < -0.39 is 5.91 Å². The number of H-pyrrole nitrogens is 1. The number of amides is 1. The topological polar surface area (TPSA) is 92.2 Å². The van der Waals surface area contributed by atoms with Crippen LogP contribution in [0.15, 0.2) is 41.6 Å². The first-order chi connectivity index (χ1) is 13.6. The van der Waals surface area contributed by atoms with E-state index in [9.17, 15) is 9.59 Å². The zero-order valence-electron chi connectivity index (χ0n) is 15.8. The van der Waals surface area contributed by atoms with Gasteiger partial charge in [0.2, 0.25) is 0 Å². The lowest BCUT2D eigenvalue weighted by Crippen LogP contribution is -2.40. The lowest BCUT2D eigenvalue weighted by atomic mass is 10.1. The summed E-state index contributed by atoms with van der Waals surface area (Å²) in [5, 5.41) is 3.69. The minimum atomic E-state index is -0.417. The van der Waals surface area contributed by atoms with E-state index in [2.05, 4.69) is 20.2 Å². The lowest BCUT2D eigenvalue weighted by Gasteiger charge is -2.26. The Morgan fingerprint density at radius 2 is 2.11 bits per heavy atom. The second-order valence-electron chi connectivity index (χ2n) is 6.92. The van der Waals surface area contributed by atoms with E-state index in [1.54, 1.807) is 30.1 Å². The highest BCUT2D eigenvalue weighted by Crippen LogP contribution is 2.16. The summed E-state index contributed by atoms with van der Waals surface area (Å²) in [5.41, 5.74) is 1.85. The van der Waals surface area contributed by atoms with Crippen molar-refractivity contribution in [3.05, 3.63) is 58.3 Å². The Hall–Kier alpha value is -2.97. The van der Waals surface area contributed by atoms with Gasteiger partial charge >= 0.3 is 0 Å². The summed E-state index contributed by atoms with van der Waals surface area (Å²) in [7, 11) is 0. The molecule has 1 aliphatic heterocycles. The van der Waals surface area contributed by atoms with Crippen LogP contribution < -0.4 is 10.9 Å². The number of aromatic nitrogens is 3. The Labute approximate surface area is 162 Å². The van der Waals surface area contributed by atoms with Gasteiger partial charge in [-0.15, -0.1) is 0 Å². The molecule has 8 nitrogen and oxygen atoms in total. The van der Waals surface area contributed by atoms with E-state index in [-0.39, 0.29) is 11.1 Å². The van der Waals surface area contributed by atoms with Crippen LogP contribution in [0.25, 0.3) is 11.0 Å². The van der Waals surface area contributed by atoms with Crippen LogP contribution in [-0.2, 0) is 11.3 Å². The number of aromatic amines is 1. The zero-order chi connectivity index (χ0) is 19.5. The molecule has 8 heteroatoms. The maximum absolute atomic E-state index is 12.9. The number of ether oxygens (including phenoxy) is 1. The molecule has 3 aromatic heterocycles. The van der Waals surface area contributed by atoms with Gasteiger partial charge in [0, 0.05) is 44.0 Å². The molecule has 2 N–H and O–H groups in total. The molecule has 1 aliphatic rings. The Morgan fingerprint density at radius 1 is 1.29 bits per heavy atom. The van der Waals surface area contributed by atoms with E-state index >= 15 is 0 Å². The van der Waals surface area contributed by atoms with Gasteiger partial charge in [-0.05, 0) is 30.7 Å². The first-order valence-electron chi connectivity index (χ1n) is 9.36. The standard InChI is InChI=1S/C20H23N5O3/c1-14-3-5-25(7-6-24-8-10-28-11-9-24)20(27)17(14)19(26)23-16-12-15-2-4-21-18(15)22-13-16/h2-5,12-13H,6-11H2,1H3,(H,21,22)(H,23,26). The molecule has 0 spiro atoms. The van der Waals surface area contributed by atoms with Crippen molar-refractivity contribution in [2.45, 2.75) is 13.5 Å². The zero-order valence-corrected chi connectivity index (χ0v) is 15.8. The van der Waals surface area contributed by atoms with Gasteiger partial charge in [0.25, 0.3) is 11.5 Å². The Balaban J connectivity index is 1.52. The molecule has 3 aromatic rings. The third kappa shape index (κ3) is 3.83. The van der Waals surface area contributed by atoms with E-state index in [1.807, 2.05) is 18.2 Å². The number of morpholine rings is 1. The number of hydrogen-bond acceptors (Lipinski definition) is 5. The van der Waals surface area contributed by atoms with Crippen molar-refractivity contribution in [2.75, 3.05) is 38.2 Å². The fourth-order valence-corrected chi connectivity index (χ4v) is 3.39. The van der Waals surface area contributed by atoms with Crippen LogP contribution in [0.3, 0.4) is 0 Å². The van der Waals surface area contributed by atoms with Gasteiger partial charge in [-0.3, -0.25) is 14.5 Å². The summed E-state index contributed by atoms with van der Waals surface area (Å²) < 4.78 is 6.95. The van der Waals surface area contributed by atoms with Crippen LogP contribution in [-0.4, -0.2) is 58.2 Å². The van der Waals surface area contributed by atoms with Crippen molar-refractivity contribution in [2.24, 2.45) is 0 Å². The van der Waals surface area contributed by atoms with E-state index in [0.29, 0.717) is 17.8 Å². The molecule has 146 valence electrons. The molecule has 1 fully saturated rings. The summed E-state index contributed by atoms with van der Waals surface area (Å²) >= 11 is 0. The van der Waals surface area contributed by atoms with Crippen molar-refractivity contribution in [3.63, 3.8) is 0 Å². The molecule has 0 radical (unpaired) electrons. The number of hydrogen-bond donors (Lipinski definition) is 2. The van der Waals surface area contributed by atoms with Gasteiger partial charge in [0.15, 0.2) is 0 Å². The molecule has 4 rings (SSSR count). The molecule has 0 atom stereocenters. The van der Waals surface area contributed by atoms with Crippen LogP contribution >= 0.6 is 0 Å². The predicted octanol–water partition coefficient (Wildman–Crippen LogP) is 1.62. The van der Waals surface area contributed by atoms with Crippen LogP contribution in [0.5, 0.6) is 0 Å². The number of carbonyl (C=O) groups is 1. The fourth-order valence-electron chi connectivity index (χ4n) is 3.39. The molecular formula is C20H23N5O3. The van der Waals surface area contributed by atoms with Gasteiger partial charge in [0.1, 0.15) is 11.2 Å². The third-order valence-corrected chi connectivity index (χ3v) is 5.02. The van der Waals surface area contributed by atoms with Crippen LogP contribution in [0.1, 0.15) is 15.9 Å². The number of nitrogens with zero attached hydrogens (tertiary/aromatic N) is 3. The molecule has 0 aliphatic carbocycles. The highest BCUT2D eigenvalue weighted by Gasteiger charge is 2.17. The second kappa shape index (κ2) is 7.95. The normalized spacial score (nSPS) is 15.0. The molecule has 0 bridgehead atoms. The SMILES string of the molecule is Cc1ccn(CCN2CCOCC2)c(=O)c1C(=O)Nc1cnc2[nH]ccc2c1.